The van der Waals surface area contributed by atoms with Crippen LogP contribution in [0, 0.1) is 6.92 Å². The van der Waals surface area contributed by atoms with Crippen molar-refractivity contribution in [3.05, 3.63) is 38.4 Å². The van der Waals surface area contributed by atoms with Crippen LogP contribution in [0.3, 0.4) is 0 Å². The molecule has 1 amide bonds. The molecule has 1 aliphatic rings. The summed E-state index contributed by atoms with van der Waals surface area (Å²) < 4.78 is 39.6. The van der Waals surface area contributed by atoms with Gasteiger partial charge in [0, 0.05) is 35.1 Å². The van der Waals surface area contributed by atoms with E-state index < -0.39 is 11.9 Å². The third kappa shape index (κ3) is 4.53. The first-order valence-corrected chi connectivity index (χ1v) is 9.62. The van der Waals surface area contributed by atoms with Crippen molar-refractivity contribution in [3.8, 4) is 0 Å². The maximum atomic E-state index is 12.9. The molecule has 0 atom stereocenters. The van der Waals surface area contributed by atoms with Gasteiger partial charge >= 0.3 is 6.18 Å². The zero-order chi connectivity index (χ0) is 18.9. The molecule has 5 nitrogen and oxygen atoms in total. The van der Waals surface area contributed by atoms with E-state index >= 15 is 0 Å². The number of piperidine rings is 1. The number of thiophene rings is 1. The van der Waals surface area contributed by atoms with Gasteiger partial charge in [-0.25, -0.2) is 9.97 Å². The first-order chi connectivity index (χ1) is 12.2. The van der Waals surface area contributed by atoms with E-state index in [1.807, 2.05) is 5.38 Å². The lowest BCUT2D eigenvalue weighted by molar-refractivity contribution is -0.141. The lowest BCUT2D eigenvalue weighted by Gasteiger charge is -2.33. The minimum absolute atomic E-state index is 0.00959. The van der Waals surface area contributed by atoms with E-state index in [1.54, 1.807) is 11.0 Å². The Bertz CT molecular complexity index is 803. The number of aromatic nitrogens is 2. The summed E-state index contributed by atoms with van der Waals surface area (Å²) in [6, 6.07) is 2.73. The van der Waals surface area contributed by atoms with Crippen molar-refractivity contribution in [2.24, 2.45) is 0 Å². The molecule has 2 aromatic heterocycles. The molecule has 2 aromatic rings. The smallest absolute Gasteiger partial charge is 0.356 e. The van der Waals surface area contributed by atoms with Crippen LogP contribution in [-0.2, 0) is 6.18 Å². The normalized spacial score (nSPS) is 16.0. The zero-order valence-electron chi connectivity index (χ0n) is 13.8. The zero-order valence-corrected chi connectivity index (χ0v) is 16.2. The van der Waals surface area contributed by atoms with Crippen molar-refractivity contribution < 1.29 is 18.0 Å². The maximum absolute atomic E-state index is 12.9. The number of hydrogen-bond donors (Lipinski definition) is 1. The van der Waals surface area contributed by atoms with Gasteiger partial charge in [-0.1, -0.05) is 0 Å². The third-order valence-electron chi connectivity index (χ3n) is 4.06. The van der Waals surface area contributed by atoms with Crippen LogP contribution < -0.4 is 10.2 Å². The predicted molar refractivity (Wildman–Crippen MR) is 96.5 cm³/mol. The number of alkyl halides is 3. The first kappa shape index (κ1) is 19.1. The Morgan fingerprint density at radius 1 is 1.31 bits per heavy atom. The van der Waals surface area contributed by atoms with Gasteiger partial charge in [-0.2, -0.15) is 13.2 Å². The maximum Gasteiger partial charge on any atom is 0.433 e. The van der Waals surface area contributed by atoms with Gasteiger partial charge in [-0.15, -0.1) is 11.3 Å². The molecule has 0 spiro atoms. The Kier molecular flexibility index (Phi) is 5.52. The summed E-state index contributed by atoms with van der Waals surface area (Å²) in [5, 5.41) is 4.82. The Morgan fingerprint density at radius 3 is 2.58 bits per heavy atom. The van der Waals surface area contributed by atoms with Crippen molar-refractivity contribution in [3.63, 3.8) is 0 Å². The summed E-state index contributed by atoms with van der Waals surface area (Å²) in [5.41, 5.74) is -0.932. The second kappa shape index (κ2) is 7.51. The van der Waals surface area contributed by atoms with E-state index in [-0.39, 0.29) is 23.6 Å². The summed E-state index contributed by atoms with van der Waals surface area (Å²) in [6.07, 6.45) is -3.21. The molecule has 10 heteroatoms. The fraction of sp³-hybridized carbons (Fsp3) is 0.438. The minimum atomic E-state index is -4.50. The molecule has 3 rings (SSSR count). The number of anilines is 1. The number of carbonyl (C=O) groups excluding carboxylic acids is 1. The quantitative estimate of drug-likeness (QED) is 0.769. The van der Waals surface area contributed by atoms with Crippen molar-refractivity contribution in [1.82, 2.24) is 15.3 Å². The highest BCUT2D eigenvalue weighted by Gasteiger charge is 2.34. The average molecular weight is 449 g/mol. The second-order valence-corrected chi connectivity index (χ2v) is 7.85. The SMILES string of the molecule is Cc1nc(N2CCC(NC(=O)c3cc(Br)cs3)CC2)cc(C(F)(F)F)n1. The molecule has 1 aliphatic heterocycles. The molecule has 0 aliphatic carbocycles. The van der Waals surface area contributed by atoms with Gasteiger partial charge in [0.25, 0.3) is 5.91 Å². The number of rotatable bonds is 3. The summed E-state index contributed by atoms with van der Waals surface area (Å²) >= 11 is 4.67. The second-order valence-electron chi connectivity index (χ2n) is 6.02. The Labute approximate surface area is 160 Å². The summed E-state index contributed by atoms with van der Waals surface area (Å²) in [4.78, 5) is 22.2. The number of nitrogens with zero attached hydrogens (tertiary/aromatic N) is 3. The lowest BCUT2D eigenvalue weighted by Crippen LogP contribution is -2.45. The Hall–Kier alpha value is -1.68. The minimum Gasteiger partial charge on any atom is -0.356 e. The van der Waals surface area contributed by atoms with E-state index in [0.717, 1.165) is 10.5 Å². The molecule has 0 radical (unpaired) electrons. The summed E-state index contributed by atoms with van der Waals surface area (Å²) in [6.45, 7) is 2.49. The molecule has 1 saturated heterocycles. The molecule has 140 valence electrons. The number of hydrogen-bond acceptors (Lipinski definition) is 5. The van der Waals surface area contributed by atoms with E-state index in [4.69, 9.17) is 0 Å². The van der Waals surface area contributed by atoms with E-state index in [2.05, 4.69) is 31.2 Å². The molecule has 0 saturated carbocycles. The van der Waals surface area contributed by atoms with Crippen LogP contribution in [0.4, 0.5) is 19.0 Å². The van der Waals surface area contributed by atoms with Crippen molar-refractivity contribution >= 4 is 39.0 Å². The Balaban J connectivity index is 1.62. The van der Waals surface area contributed by atoms with Crippen molar-refractivity contribution in [1.29, 1.82) is 0 Å². The summed E-state index contributed by atoms with van der Waals surface area (Å²) in [7, 11) is 0. The standard InChI is InChI=1S/C16H16BrF3N4OS/c1-9-21-13(16(18,19)20)7-14(22-9)24-4-2-11(3-5-24)23-15(25)12-6-10(17)8-26-12/h6-8,11H,2-5H2,1H3,(H,23,25). The number of nitrogens with one attached hydrogen (secondary N) is 1. The monoisotopic (exact) mass is 448 g/mol. The summed E-state index contributed by atoms with van der Waals surface area (Å²) in [5.74, 6) is 0.238. The highest BCUT2D eigenvalue weighted by atomic mass is 79.9. The van der Waals surface area contributed by atoms with Gasteiger partial charge in [0.2, 0.25) is 0 Å². The number of halogens is 4. The van der Waals surface area contributed by atoms with Gasteiger partial charge in [-0.05, 0) is 41.8 Å². The van der Waals surface area contributed by atoms with Crippen LogP contribution in [0.5, 0.6) is 0 Å². The molecule has 0 unspecified atom stereocenters. The topological polar surface area (TPSA) is 58.1 Å². The van der Waals surface area contributed by atoms with Crippen LogP contribution in [-0.4, -0.2) is 35.0 Å². The highest BCUT2D eigenvalue weighted by molar-refractivity contribution is 9.10. The molecule has 1 fully saturated rings. The molecule has 1 N–H and O–H groups in total. The number of carbonyl (C=O) groups is 1. The Morgan fingerprint density at radius 2 is 2.00 bits per heavy atom. The highest BCUT2D eigenvalue weighted by Crippen LogP contribution is 2.30. The van der Waals surface area contributed by atoms with Gasteiger partial charge in [-0.3, -0.25) is 4.79 Å². The van der Waals surface area contributed by atoms with Gasteiger partial charge in [0.05, 0.1) is 4.88 Å². The lowest BCUT2D eigenvalue weighted by atomic mass is 10.0. The van der Waals surface area contributed by atoms with Crippen LogP contribution >= 0.6 is 27.3 Å². The molecule has 26 heavy (non-hydrogen) atoms. The molecular weight excluding hydrogens is 433 g/mol. The van der Waals surface area contributed by atoms with E-state index in [9.17, 15) is 18.0 Å². The van der Waals surface area contributed by atoms with Crippen LogP contribution in [0.2, 0.25) is 0 Å². The third-order valence-corrected chi connectivity index (χ3v) is 5.75. The molecule has 0 aromatic carbocycles. The van der Waals surface area contributed by atoms with E-state index in [0.29, 0.717) is 30.8 Å². The number of amides is 1. The first-order valence-electron chi connectivity index (χ1n) is 7.95. The van der Waals surface area contributed by atoms with Crippen molar-refractivity contribution in [2.75, 3.05) is 18.0 Å². The molecule has 0 bridgehead atoms. The van der Waals surface area contributed by atoms with Crippen LogP contribution in [0.15, 0.2) is 22.0 Å². The fourth-order valence-corrected chi connectivity index (χ4v) is 4.13. The van der Waals surface area contributed by atoms with Gasteiger partial charge < -0.3 is 10.2 Å². The van der Waals surface area contributed by atoms with Gasteiger partial charge in [0.1, 0.15) is 17.3 Å². The molecular formula is C16H16BrF3N4OS. The predicted octanol–water partition coefficient (Wildman–Crippen LogP) is 4.03. The van der Waals surface area contributed by atoms with Crippen LogP contribution in [0.25, 0.3) is 0 Å². The van der Waals surface area contributed by atoms with Crippen molar-refractivity contribution in [2.45, 2.75) is 32.0 Å². The number of aryl methyl sites for hydroxylation is 1. The van der Waals surface area contributed by atoms with E-state index in [1.165, 1.54) is 18.3 Å². The molecule has 3 heterocycles. The van der Waals surface area contributed by atoms with Crippen LogP contribution in [0.1, 0.15) is 34.0 Å². The van der Waals surface area contributed by atoms with Gasteiger partial charge in [0.15, 0.2) is 0 Å². The largest absolute Gasteiger partial charge is 0.433 e. The fourth-order valence-electron chi connectivity index (χ4n) is 2.80. The average Bonchev–Trinajstić information content (AvgIpc) is 3.01.